The molecule has 0 aromatic carbocycles. The maximum Gasteiger partial charge on any atom is 0.253 e. The molecule has 104 valence electrons. The lowest BCUT2D eigenvalue weighted by atomic mass is 10.2. The molecule has 19 heavy (non-hydrogen) atoms. The van der Waals surface area contributed by atoms with Crippen molar-refractivity contribution in [1.82, 2.24) is 15.2 Å². The molecule has 0 radical (unpaired) electrons. The molecule has 0 saturated carbocycles. The van der Waals surface area contributed by atoms with E-state index >= 15 is 0 Å². The van der Waals surface area contributed by atoms with E-state index in [4.69, 9.17) is 10.5 Å². The maximum atomic E-state index is 12.1. The summed E-state index contributed by atoms with van der Waals surface area (Å²) in [6.45, 7) is 6.16. The summed E-state index contributed by atoms with van der Waals surface area (Å²) >= 11 is 0. The van der Waals surface area contributed by atoms with E-state index in [1.165, 1.54) is 6.20 Å². The van der Waals surface area contributed by atoms with Crippen molar-refractivity contribution in [2.75, 3.05) is 38.6 Å². The third kappa shape index (κ3) is 3.90. The number of nitrogens with zero attached hydrogens (tertiary/aromatic N) is 2. The molecule has 6 nitrogen and oxygen atoms in total. The Balaban J connectivity index is 1.86. The largest absolute Gasteiger partial charge is 0.397 e. The Kier molecular flexibility index (Phi) is 4.70. The van der Waals surface area contributed by atoms with Crippen molar-refractivity contribution in [3.63, 3.8) is 0 Å². The van der Waals surface area contributed by atoms with Crippen molar-refractivity contribution in [2.24, 2.45) is 0 Å². The van der Waals surface area contributed by atoms with Gasteiger partial charge in [0.2, 0.25) is 0 Å². The first-order valence-corrected chi connectivity index (χ1v) is 6.47. The lowest BCUT2D eigenvalue weighted by Gasteiger charge is -2.29. The van der Waals surface area contributed by atoms with E-state index in [1.54, 1.807) is 12.3 Å². The molecule has 2 rings (SSSR count). The third-order valence-corrected chi connectivity index (χ3v) is 3.11. The Labute approximate surface area is 112 Å². The van der Waals surface area contributed by atoms with Crippen molar-refractivity contribution in [3.8, 4) is 0 Å². The van der Waals surface area contributed by atoms with Crippen LogP contribution < -0.4 is 11.1 Å². The highest BCUT2D eigenvalue weighted by Gasteiger charge is 2.16. The van der Waals surface area contributed by atoms with Crippen molar-refractivity contribution in [1.29, 1.82) is 0 Å². The average Bonchev–Trinajstić information content (AvgIpc) is 2.40. The molecule has 1 amide bonds. The molecule has 1 aromatic heterocycles. The van der Waals surface area contributed by atoms with Crippen LogP contribution in [-0.4, -0.2) is 54.7 Å². The Hall–Kier alpha value is -1.66. The van der Waals surface area contributed by atoms with Crippen molar-refractivity contribution in [2.45, 2.75) is 13.0 Å². The summed E-state index contributed by atoms with van der Waals surface area (Å²) in [5.41, 5.74) is 6.61. The average molecular weight is 264 g/mol. The predicted molar refractivity (Wildman–Crippen MR) is 72.8 cm³/mol. The van der Waals surface area contributed by atoms with Crippen LogP contribution in [0.4, 0.5) is 5.69 Å². The van der Waals surface area contributed by atoms with Crippen LogP contribution in [0.25, 0.3) is 0 Å². The highest BCUT2D eigenvalue weighted by molar-refractivity contribution is 5.98. The van der Waals surface area contributed by atoms with Gasteiger partial charge in [0, 0.05) is 31.9 Å². The van der Waals surface area contributed by atoms with Crippen LogP contribution in [0.2, 0.25) is 0 Å². The Morgan fingerprint density at radius 3 is 3.00 bits per heavy atom. The second-order valence-electron chi connectivity index (χ2n) is 4.75. The topological polar surface area (TPSA) is 80.5 Å². The number of nitrogens with one attached hydrogen (secondary N) is 1. The number of hydrogen-bond donors (Lipinski definition) is 2. The molecule has 0 spiro atoms. The van der Waals surface area contributed by atoms with Crippen molar-refractivity contribution < 1.29 is 9.53 Å². The molecular formula is C13H20N4O2. The van der Waals surface area contributed by atoms with Crippen LogP contribution in [0.1, 0.15) is 17.3 Å². The van der Waals surface area contributed by atoms with E-state index in [2.05, 4.69) is 15.2 Å². The van der Waals surface area contributed by atoms with E-state index < -0.39 is 0 Å². The fraction of sp³-hybridized carbons (Fsp3) is 0.538. The van der Waals surface area contributed by atoms with Gasteiger partial charge in [-0.05, 0) is 13.0 Å². The minimum absolute atomic E-state index is 0.0677. The molecule has 1 aliphatic heterocycles. The standard InChI is InChI=1S/C13H20N4O2/c1-10(9-17-4-6-19-7-5-17)16-13(18)11-2-3-15-8-12(11)14/h2-3,8,10H,4-7,9,14H2,1H3,(H,16,18). The van der Waals surface area contributed by atoms with Crippen LogP contribution in [-0.2, 0) is 4.74 Å². The van der Waals surface area contributed by atoms with E-state index in [1.807, 2.05) is 6.92 Å². The van der Waals surface area contributed by atoms with Gasteiger partial charge in [0.25, 0.3) is 5.91 Å². The molecule has 1 unspecified atom stereocenters. The minimum Gasteiger partial charge on any atom is -0.397 e. The monoisotopic (exact) mass is 264 g/mol. The smallest absolute Gasteiger partial charge is 0.253 e. The molecule has 1 aliphatic rings. The molecule has 0 bridgehead atoms. The number of ether oxygens (including phenoxy) is 1. The number of aromatic nitrogens is 1. The summed E-state index contributed by atoms with van der Waals surface area (Å²) < 4.78 is 5.29. The van der Waals surface area contributed by atoms with Crippen LogP contribution >= 0.6 is 0 Å². The minimum atomic E-state index is -0.152. The third-order valence-electron chi connectivity index (χ3n) is 3.11. The fourth-order valence-corrected chi connectivity index (χ4v) is 2.13. The number of amides is 1. The number of nitrogen functional groups attached to an aromatic ring is 1. The zero-order valence-corrected chi connectivity index (χ0v) is 11.1. The molecule has 1 saturated heterocycles. The zero-order valence-electron chi connectivity index (χ0n) is 11.1. The molecular weight excluding hydrogens is 244 g/mol. The van der Waals surface area contributed by atoms with E-state index in [0.29, 0.717) is 11.3 Å². The molecule has 3 N–H and O–H groups in total. The number of carbonyl (C=O) groups excluding carboxylic acids is 1. The molecule has 2 heterocycles. The van der Waals surface area contributed by atoms with Gasteiger partial charge < -0.3 is 15.8 Å². The quantitative estimate of drug-likeness (QED) is 0.807. The van der Waals surface area contributed by atoms with Gasteiger partial charge >= 0.3 is 0 Å². The number of anilines is 1. The highest BCUT2D eigenvalue weighted by atomic mass is 16.5. The number of hydrogen-bond acceptors (Lipinski definition) is 5. The first-order chi connectivity index (χ1) is 9.16. The summed E-state index contributed by atoms with van der Waals surface area (Å²) in [4.78, 5) is 18.2. The molecule has 0 aliphatic carbocycles. The second-order valence-corrected chi connectivity index (χ2v) is 4.75. The van der Waals surface area contributed by atoms with E-state index in [9.17, 15) is 4.79 Å². The summed E-state index contributed by atoms with van der Waals surface area (Å²) in [5.74, 6) is -0.152. The first kappa shape index (κ1) is 13.8. The Morgan fingerprint density at radius 2 is 2.32 bits per heavy atom. The van der Waals surface area contributed by atoms with E-state index in [-0.39, 0.29) is 11.9 Å². The lowest BCUT2D eigenvalue weighted by Crippen LogP contribution is -2.46. The van der Waals surface area contributed by atoms with Gasteiger partial charge in [0.15, 0.2) is 0 Å². The van der Waals surface area contributed by atoms with Crippen LogP contribution in [0.5, 0.6) is 0 Å². The van der Waals surface area contributed by atoms with Crippen LogP contribution in [0, 0.1) is 0 Å². The summed E-state index contributed by atoms with van der Waals surface area (Å²) in [6, 6.07) is 1.70. The number of pyridine rings is 1. The molecule has 1 atom stereocenters. The van der Waals surface area contributed by atoms with E-state index in [0.717, 1.165) is 32.8 Å². The fourth-order valence-electron chi connectivity index (χ4n) is 2.13. The van der Waals surface area contributed by atoms with Gasteiger partial charge in [0.1, 0.15) is 0 Å². The predicted octanol–water partition coefficient (Wildman–Crippen LogP) is 0.114. The number of rotatable bonds is 4. The zero-order chi connectivity index (χ0) is 13.7. The second kappa shape index (κ2) is 6.49. The van der Waals surface area contributed by atoms with Gasteiger partial charge in [-0.2, -0.15) is 0 Å². The van der Waals surface area contributed by atoms with Gasteiger partial charge in [-0.25, -0.2) is 0 Å². The van der Waals surface area contributed by atoms with Gasteiger partial charge in [-0.3, -0.25) is 14.7 Å². The highest BCUT2D eigenvalue weighted by Crippen LogP contribution is 2.08. The summed E-state index contributed by atoms with van der Waals surface area (Å²) in [6.07, 6.45) is 3.06. The van der Waals surface area contributed by atoms with Crippen LogP contribution in [0.3, 0.4) is 0 Å². The van der Waals surface area contributed by atoms with Crippen LogP contribution in [0.15, 0.2) is 18.5 Å². The number of nitrogens with two attached hydrogens (primary N) is 1. The van der Waals surface area contributed by atoms with Gasteiger partial charge in [-0.1, -0.05) is 0 Å². The van der Waals surface area contributed by atoms with Gasteiger partial charge in [-0.15, -0.1) is 0 Å². The Morgan fingerprint density at radius 1 is 1.58 bits per heavy atom. The molecule has 1 aromatic rings. The van der Waals surface area contributed by atoms with Crippen molar-refractivity contribution in [3.05, 3.63) is 24.0 Å². The molecule has 1 fully saturated rings. The summed E-state index contributed by atoms with van der Waals surface area (Å²) in [5, 5.41) is 2.96. The van der Waals surface area contributed by atoms with Crippen molar-refractivity contribution >= 4 is 11.6 Å². The first-order valence-electron chi connectivity index (χ1n) is 6.47. The SMILES string of the molecule is CC(CN1CCOCC1)NC(=O)c1ccncc1N. The normalized spacial score (nSPS) is 17.9. The Bertz CT molecular complexity index is 432. The number of carbonyl (C=O) groups is 1. The maximum absolute atomic E-state index is 12.1. The molecule has 6 heteroatoms. The van der Waals surface area contributed by atoms with Gasteiger partial charge in [0.05, 0.1) is 30.7 Å². The lowest BCUT2D eigenvalue weighted by molar-refractivity contribution is 0.0342. The number of morpholine rings is 1. The summed E-state index contributed by atoms with van der Waals surface area (Å²) in [7, 11) is 0.